The zero-order valence-electron chi connectivity index (χ0n) is 11.2. The average Bonchev–Trinajstić information content (AvgIpc) is 3.29. The molecule has 0 unspecified atom stereocenters. The summed E-state index contributed by atoms with van der Waals surface area (Å²) in [6.45, 7) is 0. The molecule has 1 aliphatic rings. The van der Waals surface area contributed by atoms with E-state index in [4.69, 9.17) is 0 Å². The molecule has 0 heterocycles. The summed E-state index contributed by atoms with van der Waals surface area (Å²) < 4.78 is 0. The number of nitro groups is 1. The zero-order chi connectivity index (χ0) is 14.8. The second-order valence-electron chi connectivity index (χ2n) is 5.16. The lowest BCUT2D eigenvalue weighted by atomic mass is 10.1. The topological polar surface area (TPSA) is 72.2 Å². The van der Waals surface area contributed by atoms with Crippen molar-refractivity contribution in [3.8, 4) is 0 Å². The number of hydrogen-bond donors (Lipinski definition) is 1. The number of rotatable bonds is 4. The maximum atomic E-state index is 12.2. The minimum absolute atomic E-state index is 0.0248. The molecule has 1 N–H and O–H groups in total. The van der Waals surface area contributed by atoms with E-state index < -0.39 is 4.92 Å². The van der Waals surface area contributed by atoms with Gasteiger partial charge in [-0.1, -0.05) is 36.4 Å². The van der Waals surface area contributed by atoms with E-state index in [1.165, 1.54) is 12.1 Å². The highest BCUT2D eigenvalue weighted by molar-refractivity contribution is 5.95. The number of hydrogen-bond acceptors (Lipinski definition) is 3. The Morgan fingerprint density at radius 2 is 1.90 bits per heavy atom. The maximum Gasteiger partial charge on any atom is 0.271 e. The van der Waals surface area contributed by atoms with Crippen LogP contribution in [0.5, 0.6) is 0 Å². The monoisotopic (exact) mass is 282 g/mol. The molecule has 0 saturated heterocycles. The number of nitrogens with zero attached hydrogens (tertiary/aromatic N) is 1. The molecule has 2 atom stereocenters. The number of benzene rings is 2. The predicted octanol–water partition coefficient (Wildman–Crippen LogP) is 3.34. The quantitative estimate of drug-likeness (QED) is 0.690. The third-order valence-electron chi connectivity index (χ3n) is 3.68. The van der Waals surface area contributed by atoms with Crippen molar-refractivity contribution in [1.82, 2.24) is 0 Å². The molecule has 2 aromatic carbocycles. The van der Waals surface area contributed by atoms with Gasteiger partial charge < -0.3 is 5.32 Å². The molecule has 1 saturated carbocycles. The van der Waals surface area contributed by atoms with Gasteiger partial charge in [0.25, 0.3) is 5.69 Å². The summed E-state index contributed by atoms with van der Waals surface area (Å²) in [6.07, 6.45) is 0.824. The second kappa shape index (κ2) is 5.36. The summed E-state index contributed by atoms with van der Waals surface area (Å²) in [6, 6.07) is 15.9. The Kier molecular flexibility index (Phi) is 3.39. The first-order valence-corrected chi connectivity index (χ1v) is 6.75. The van der Waals surface area contributed by atoms with Crippen LogP contribution in [0.1, 0.15) is 17.9 Å². The third kappa shape index (κ3) is 2.91. The third-order valence-corrected chi connectivity index (χ3v) is 3.68. The second-order valence-corrected chi connectivity index (χ2v) is 5.16. The molecule has 0 spiro atoms. The predicted molar refractivity (Wildman–Crippen MR) is 79.0 cm³/mol. The van der Waals surface area contributed by atoms with Gasteiger partial charge in [0.05, 0.1) is 4.92 Å². The Balaban J connectivity index is 1.66. The Morgan fingerprint density at radius 3 is 2.62 bits per heavy atom. The minimum Gasteiger partial charge on any atom is -0.326 e. The van der Waals surface area contributed by atoms with Gasteiger partial charge in [0.15, 0.2) is 0 Å². The molecular weight excluding hydrogens is 268 g/mol. The van der Waals surface area contributed by atoms with Crippen molar-refractivity contribution in [3.63, 3.8) is 0 Å². The number of anilines is 1. The number of non-ortho nitro benzene ring substituents is 1. The summed E-state index contributed by atoms with van der Waals surface area (Å²) in [7, 11) is 0. The SMILES string of the molecule is O=C(Nc1cccc([N+](=O)[O-])c1)[C@@H]1C[C@H]1c1ccccc1. The molecule has 0 radical (unpaired) electrons. The van der Waals surface area contributed by atoms with Crippen molar-refractivity contribution in [2.75, 3.05) is 5.32 Å². The van der Waals surface area contributed by atoms with Crippen molar-refractivity contribution in [2.45, 2.75) is 12.3 Å². The molecule has 5 heteroatoms. The molecule has 3 rings (SSSR count). The van der Waals surface area contributed by atoms with E-state index >= 15 is 0 Å². The molecule has 0 bridgehead atoms. The fourth-order valence-corrected chi connectivity index (χ4v) is 2.49. The average molecular weight is 282 g/mol. The van der Waals surface area contributed by atoms with Crippen LogP contribution in [-0.2, 0) is 4.79 Å². The van der Waals surface area contributed by atoms with Gasteiger partial charge in [0.2, 0.25) is 5.91 Å². The van der Waals surface area contributed by atoms with Gasteiger partial charge in [-0.25, -0.2) is 0 Å². The largest absolute Gasteiger partial charge is 0.326 e. The van der Waals surface area contributed by atoms with Crippen LogP contribution < -0.4 is 5.32 Å². The molecule has 1 amide bonds. The first-order chi connectivity index (χ1) is 10.1. The highest BCUT2D eigenvalue weighted by atomic mass is 16.6. The molecule has 5 nitrogen and oxygen atoms in total. The lowest BCUT2D eigenvalue weighted by molar-refractivity contribution is -0.384. The van der Waals surface area contributed by atoms with Gasteiger partial charge in [-0.3, -0.25) is 14.9 Å². The molecular formula is C16H14N2O3. The fourth-order valence-electron chi connectivity index (χ4n) is 2.49. The highest BCUT2D eigenvalue weighted by Gasteiger charge is 2.43. The summed E-state index contributed by atoms with van der Waals surface area (Å²) in [4.78, 5) is 22.4. The van der Waals surface area contributed by atoms with Crippen LogP contribution in [-0.4, -0.2) is 10.8 Å². The molecule has 106 valence electrons. The molecule has 21 heavy (non-hydrogen) atoms. The normalized spacial score (nSPS) is 19.8. The van der Waals surface area contributed by atoms with Gasteiger partial charge in [0, 0.05) is 23.7 Å². The van der Waals surface area contributed by atoms with Crippen molar-refractivity contribution in [2.24, 2.45) is 5.92 Å². The number of amides is 1. The van der Waals surface area contributed by atoms with Crippen molar-refractivity contribution < 1.29 is 9.72 Å². The Morgan fingerprint density at radius 1 is 1.14 bits per heavy atom. The van der Waals surface area contributed by atoms with E-state index in [9.17, 15) is 14.9 Å². The number of carbonyl (C=O) groups is 1. The van der Waals surface area contributed by atoms with E-state index in [1.807, 2.05) is 30.3 Å². The van der Waals surface area contributed by atoms with E-state index in [2.05, 4.69) is 5.32 Å². The summed E-state index contributed by atoms with van der Waals surface area (Å²) in [5.74, 6) is 0.126. The molecule has 1 aliphatic carbocycles. The van der Waals surface area contributed by atoms with Crippen molar-refractivity contribution in [3.05, 3.63) is 70.3 Å². The molecule has 0 aliphatic heterocycles. The van der Waals surface area contributed by atoms with Crippen LogP contribution in [0, 0.1) is 16.0 Å². The van der Waals surface area contributed by atoms with E-state index in [0.717, 1.165) is 12.0 Å². The van der Waals surface area contributed by atoms with E-state index in [0.29, 0.717) is 5.69 Å². The summed E-state index contributed by atoms with van der Waals surface area (Å²) in [5, 5.41) is 13.5. The minimum atomic E-state index is -0.473. The van der Waals surface area contributed by atoms with Gasteiger partial charge in [-0.15, -0.1) is 0 Å². The first kappa shape index (κ1) is 13.3. The van der Waals surface area contributed by atoms with Crippen LogP contribution >= 0.6 is 0 Å². The standard InChI is InChI=1S/C16H14N2O3/c19-16(15-10-14(15)11-5-2-1-3-6-11)17-12-7-4-8-13(9-12)18(20)21/h1-9,14-15H,10H2,(H,17,19)/t14-,15+/m0/s1. The maximum absolute atomic E-state index is 12.2. The summed E-state index contributed by atoms with van der Waals surface area (Å²) in [5.41, 5.74) is 1.60. The van der Waals surface area contributed by atoms with Gasteiger partial charge in [0.1, 0.15) is 0 Å². The number of carbonyl (C=O) groups excluding carboxylic acids is 1. The van der Waals surface area contributed by atoms with Crippen LogP contribution in [0.2, 0.25) is 0 Å². The highest BCUT2D eigenvalue weighted by Crippen LogP contribution is 2.47. The molecule has 2 aromatic rings. The lowest BCUT2D eigenvalue weighted by Gasteiger charge is -2.05. The zero-order valence-corrected chi connectivity index (χ0v) is 11.2. The number of nitrogens with one attached hydrogen (secondary N) is 1. The van der Waals surface area contributed by atoms with Crippen molar-refractivity contribution >= 4 is 17.3 Å². The molecule has 1 fully saturated rings. The van der Waals surface area contributed by atoms with Crippen LogP contribution in [0.25, 0.3) is 0 Å². The van der Waals surface area contributed by atoms with E-state index in [-0.39, 0.29) is 23.4 Å². The first-order valence-electron chi connectivity index (χ1n) is 6.75. The molecule has 0 aromatic heterocycles. The lowest BCUT2D eigenvalue weighted by Crippen LogP contribution is -2.14. The van der Waals surface area contributed by atoms with Gasteiger partial charge in [-0.05, 0) is 24.0 Å². The Labute approximate surface area is 121 Å². The van der Waals surface area contributed by atoms with Gasteiger partial charge >= 0.3 is 0 Å². The van der Waals surface area contributed by atoms with Crippen LogP contribution in [0.4, 0.5) is 11.4 Å². The Bertz CT molecular complexity index is 685. The van der Waals surface area contributed by atoms with Crippen LogP contribution in [0.15, 0.2) is 54.6 Å². The fraction of sp³-hybridized carbons (Fsp3) is 0.188. The van der Waals surface area contributed by atoms with Gasteiger partial charge in [-0.2, -0.15) is 0 Å². The number of nitro benzene ring substituents is 1. The summed E-state index contributed by atoms with van der Waals surface area (Å²) >= 11 is 0. The van der Waals surface area contributed by atoms with Crippen molar-refractivity contribution in [1.29, 1.82) is 0 Å². The smallest absolute Gasteiger partial charge is 0.271 e. The van der Waals surface area contributed by atoms with E-state index in [1.54, 1.807) is 12.1 Å². The Hall–Kier alpha value is -2.69. The van der Waals surface area contributed by atoms with Crippen LogP contribution in [0.3, 0.4) is 0 Å².